The number of unbranched alkanes of at least 4 members (excludes halogenated alkanes) is 3. The lowest BCUT2D eigenvalue weighted by Gasteiger charge is -2.43. The average Bonchev–Trinajstić information content (AvgIpc) is 3.17. The number of fused-ring (bicyclic) bond motifs is 1. The van der Waals surface area contributed by atoms with E-state index >= 15 is 0 Å². The second-order valence-electron chi connectivity index (χ2n) is 13.7. The smallest absolute Gasteiger partial charge is 0.490 e. The van der Waals surface area contributed by atoms with Gasteiger partial charge in [-0.15, -0.1) is 0 Å². The van der Waals surface area contributed by atoms with Gasteiger partial charge in [-0.05, 0) is 93.3 Å². The van der Waals surface area contributed by atoms with E-state index < -0.39 is 24.5 Å². The standard InChI is InChI=1S/C38H54ClN3O12/c1-47-19-6-17-41-18-22-48-34-16-7-28(23-33(34)41)26-50-35-24-40(27-43)25-36(54-38(44)49-20-4-2-3-5-21-51-42(45)46)37(35)53-32-14-12-31(13-15-32)52-30-10-8-29(39)9-11-30/h7-11,16,23,27,31-32,35-37,45-46H,2-6,12-15,17-22,24-26H2,1H3. The van der Waals surface area contributed by atoms with Crippen LogP contribution >= 0.6 is 11.6 Å². The van der Waals surface area contributed by atoms with Crippen LogP contribution in [-0.2, 0) is 39.9 Å². The topological polar surface area (TPSA) is 158 Å². The fraction of sp³-hybridized carbons (Fsp3) is 0.632. The largest absolute Gasteiger partial charge is 0.508 e. The summed E-state index contributed by atoms with van der Waals surface area (Å²) in [4.78, 5) is 33.5. The first-order chi connectivity index (χ1) is 26.3. The average molecular weight is 780 g/mol. The molecule has 3 atom stereocenters. The molecule has 1 aliphatic carbocycles. The van der Waals surface area contributed by atoms with E-state index in [2.05, 4.69) is 15.8 Å². The highest BCUT2D eigenvalue weighted by atomic mass is 35.5. The van der Waals surface area contributed by atoms with E-state index in [1.165, 1.54) is 0 Å². The van der Waals surface area contributed by atoms with E-state index in [9.17, 15) is 9.59 Å². The molecule has 2 aliphatic heterocycles. The third kappa shape index (κ3) is 13.4. The summed E-state index contributed by atoms with van der Waals surface area (Å²) < 4.78 is 41.9. The molecule has 15 nitrogen and oxygen atoms in total. The molecule has 3 aliphatic rings. The lowest BCUT2D eigenvalue weighted by atomic mass is 9.93. The summed E-state index contributed by atoms with van der Waals surface area (Å²) in [5, 5.41) is 17.6. The lowest BCUT2D eigenvalue weighted by molar-refractivity contribution is -0.492. The zero-order chi connectivity index (χ0) is 38.1. The van der Waals surface area contributed by atoms with Crippen LogP contribution in [0.1, 0.15) is 63.4 Å². The number of methoxy groups -OCH3 is 1. The van der Waals surface area contributed by atoms with Gasteiger partial charge in [-0.1, -0.05) is 24.1 Å². The Balaban J connectivity index is 1.21. The van der Waals surface area contributed by atoms with Crippen molar-refractivity contribution >= 4 is 29.9 Å². The number of ether oxygens (including phenoxy) is 7. The Kier molecular flexibility index (Phi) is 17.2. The maximum Gasteiger partial charge on any atom is 0.508 e. The molecule has 2 heterocycles. The van der Waals surface area contributed by atoms with Crippen molar-refractivity contribution in [2.45, 2.75) is 94.9 Å². The summed E-state index contributed by atoms with van der Waals surface area (Å²) >= 11 is 6.04. The number of hydrogen-bond acceptors (Lipinski definition) is 14. The fourth-order valence-corrected chi connectivity index (χ4v) is 7.10. The first-order valence-corrected chi connectivity index (χ1v) is 19.2. The van der Waals surface area contributed by atoms with Gasteiger partial charge in [0.15, 0.2) is 6.10 Å². The van der Waals surface area contributed by atoms with Crippen LogP contribution in [0.5, 0.6) is 11.5 Å². The number of likely N-dealkylation sites (tertiary alicyclic amines) is 1. The van der Waals surface area contributed by atoms with Crippen molar-refractivity contribution in [2.24, 2.45) is 0 Å². The van der Waals surface area contributed by atoms with Crippen molar-refractivity contribution in [3.63, 3.8) is 0 Å². The van der Waals surface area contributed by atoms with Crippen LogP contribution in [-0.4, -0.2) is 124 Å². The molecule has 2 aromatic rings. The van der Waals surface area contributed by atoms with Crippen molar-refractivity contribution in [2.75, 3.05) is 64.6 Å². The predicted octanol–water partition coefficient (Wildman–Crippen LogP) is 5.80. The summed E-state index contributed by atoms with van der Waals surface area (Å²) in [5.41, 5.74) is 1.94. The highest BCUT2D eigenvalue weighted by Gasteiger charge is 2.43. The summed E-state index contributed by atoms with van der Waals surface area (Å²) in [6.07, 6.45) is 4.31. The Morgan fingerprint density at radius 2 is 1.69 bits per heavy atom. The number of piperidine rings is 1. The van der Waals surface area contributed by atoms with Gasteiger partial charge in [-0.3, -0.25) is 20.0 Å². The number of rotatable bonds is 21. The Hall–Kier alpha value is -3.41. The molecule has 2 fully saturated rings. The quantitative estimate of drug-likeness (QED) is 0.0678. The van der Waals surface area contributed by atoms with Crippen molar-refractivity contribution in [3.05, 3.63) is 53.1 Å². The van der Waals surface area contributed by atoms with Crippen LogP contribution in [0.2, 0.25) is 5.02 Å². The third-order valence-electron chi connectivity index (χ3n) is 9.73. The van der Waals surface area contributed by atoms with Crippen LogP contribution in [0, 0.1) is 0 Å². The van der Waals surface area contributed by atoms with E-state index in [0.717, 1.165) is 87.2 Å². The molecule has 0 spiro atoms. The van der Waals surface area contributed by atoms with Crippen LogP contribution in [0.3, 0.4) is 0 Å². The molecule has 2 N–H and O–H groups in total. The van der Waals surface area contributed by atoms with Crippen molar-refractivity contribution in [1.29, 1.82) is 0 Å². The lowest BCUT2D eigenvalue weighted by Crippen LogP contribution is -2.59. The molecular weight excluding hydrogens is 726 g/mol. The molecule has 0 bridgehead atoms. The Morgan fingerprint density at radius 1 is 0.944 bits per heavy atom. The van der Waals surface area contributed by atoms with Crippen molar-refractivity contribution in [3.8, 4) is 11.5 Å². The molecule has 300 valence electrons. The maximum absolute atomic E-state index is 13.0. The highest BCUT2D eigenvalue weighted by Crippen LogP contribution is 2.34. The van der Waals surface area contributed by atoms with Gasteiger partial charge in [0.1, 0.15) is 30.3 Å². The molecule has 3 unspecified atom stereocenters. The number of carbonyl (C=O) groups excluding carboxylic acids is 2. The molecule has 2 aromatic carbocycles. The third-order valence-corrected chi connectivity index (χ3v) is 9.99. The minimum Gasteiger partial charge on any atom is -0.490 e. The molecule has 0 aromatic heterocycles. The van der Waals surface area contributed by atoms with Gasteiger partial charge in [-0.2, -0.15) is 0 Å². The first kappa shape index (κ1) is 41.7. The zero-order valence-corrected chi connectivity index (χ0v) is 31.7. The minimum atomic E-state index is -0.844. The summed E-state index contributed by atoms with van der Waals surface area (Å²) in [6, 6.07) is 13.3. The van der Waals surface area contributed by atoms with Crippen LogP contribution < -0.4 is 14.4 Å². The number of benzene rings is 2. The first-order valence-electron chi connectivity index (χ1n) is 18.8. The number of halogens is 1. The van der Waals surface area contributed by atoms with E-state index in [4.69, 9.17) is 55.2 Å². The number of nitrogens with zero attached hydrogens (tertiary/aromatic N) is 3. The monoisotopic (exact) mass is 779 g/mol. The molecule has 16 heteroatoms. The molecule has 5 rings (SSSR count). The Labute approximate surface area is 321 Å². The van der Waals surface area contributed by atoms with Crippen LogP contribution in [0.4, 0.5) is 10.5 Å². The van der Waals surface area contributed by atoms with E-state index in [1.807, 2.05) is 24.3 Å². The zero-order valence-electron chi connectivity index (χ0n) is 30.9. The highest BCUT2D eigenvalue weighted by molar-refractivity contribution is 6.30. The molecule has 54 heavy (non-hydrogen) atoms. The summed E-state index contributed by atoms with van der Waals surface area (Å²) in [6.45, 7) is 3.85. The molecule has 1 saturated heterocycles. The Bertz CT molecular complexity index is 1410. The van der Waals surface area contributed by atoms with Gasteiger partial charge in [0, 0.05) is 31.8 Å². The predicted molar refractivity (Wildman–Crippen MR) is 196 cm³/mol. The molecular formula is C38H54ClN3O12. The Morgan fingerprint density at radius 3 is 2.43 bits per heavy atom. The molecule has 1 amide bonds. The minimum absolute atomic E-state index is 0.0330. The van der Waals surface area contributed by atoms with Gasteiger partial charge < -0.3 is 43.0 Å². The van der Waals surface area contributed by atoms with Crippen LogP contribution in [0.15, 0.2) is 42.5 Å². The number of carbonyl (C=O) groups is 2. The van der Waals surface area contributed by atoms with Gasteiger partial charge in [0.25, 0.3) is 0 Å². The maximum atomic E-state index is 13.0. The number of anilines is 1. The molecule has 1 saturated carbocycles. The van der Waals surface area contributed by atoms with Crippen molar-refractivity contribution < 1.29 is 58.0 Å². The normalized spacial score (nSPS) is 22.7. The van der Waals surface area contributed by atoms with E-state index in [1.54, 1.807) is 24.1 Å². The van der Waals surface area contributed by atoms with Gasteiger partial charge in [0.2, 0.25) is 6.41 Å². The van der Waals surface area contributed by atoms with Gasteiger partial charge in [0.05, 0.1) is 56.2 Å². The number of amides is 1. The fourth-order valence-electron chi connectivity index (χ4n) is 6.97. The second-order valence-corrected chi connectivity index (χ2v) is 14.2. The van der Waals surface area contributed by atoms with Crippen molar-refractivity contribution in [1.82, 2.24) is 10.3 Å². The second kappa shape index (κ2) is 22.2. The van der Waals surface area contributed by atoms with Gasteiger partial charge in [-0.25, -0.2) is 4.79 Å². The molecule has 0 radical (unpaired) electrons. The van der Waals surface area contributed by atoms with E-state index in [0.29, 0.717) is 31.1 Å². The van der Waals surface area contributed by atoms with Crippen LogP contribution in [0.25, 0.3) is 0 Å². The van der Waals surface area contributed by atoms with E-state index in [-0.39, 0.29) is 50.5 Å². The summed E-state index contributed by atoms with van der Waals surface area (Å²) in [5.74, 6) is 1.59. The summed E-state index contributed by atoms with van der Waals surface area (Å²) in [7, 11) is 1.70. The SMILES string of the molecule is COCCCN1CCOc2ccc(COC3CN(C=O)CC(OC(=O)OCCCCCCON(O)O)C3OC3CCC(Oc4ccc(Cl)cc4)CC3)cc21. The van der Waals surface area contributed by atoms with Gasteiger partial charge >= 0.3 is 6.16 Å². The number of hydrogen-bond donors (Lipinski definition) is 2.